The van der Waals surface area contributed by atoms with Gasteiger partial charge >= 0.3 is 0 Å². The normalized spacial score (nSPS) is 9.60. The molecule has 100 valence electrons. The van der Waals surface area contributed by atoms with Crippen LogP contribution in [0.15, 0.2) is 42.5 Å². The van der Waals surface area contributed by atoms with Crippen molar-refractivity contribution in [3.8, 4) is 11.8 Å². The summed E-state index contributed by atoms with van der Waals surface area (Å²) in [4.78, 5) is 12.0. The molecule has 5 heteroatoms. The molecule has 0 aliphatic rings. The van der Waals surface area contributed by atoms with E-state index in [1.54, 1.807) is 42.5 Å². The van der Waals surface area contributed by atoms with Crippen LogP contribution in [0.1, 0.15) is 15.9 Å². The van der Waals surface area contributed by atoms with Crippen molar-refractivity contribution in [1.82, 2.24) is 0 Å². The lowest BCUT2D eigenvalue weighted by Gasteiger charge is -2.08. The summed E-state index contributed by atoms with van der Waals surface area (Å²) >= 11 is 0. The molecule has 5 nitrogen and oxygen atoms in total. The number of hydrogen-bond acceptors (Lipinski definition) is 4. The fraction of sp³-hybridized carbons (Fsp3) is 0.0667. The van der Waals surface area contributed by atoms with E-state index in [9.17, 15) is 4.79 Å². The molecule has 20 heavy (non-hydrogen) atoms. The number of rotatable bonds is 3. The molecule has 3 N–H and O–H groups in total. The molecule has 1 amide bonds. The fourth-order valence-corrected chi connectivity index (χ4v) is 1.71. The van der Waals surface area contributed by atoms with E-state index in [4.69, 9.17) is 15.7 Å². The van der Waals surface area contributed by atoms with E-state index in [1.165, 1.54) is 7.11 Å². The van der Waals surface area contributed by atoms with Gasteiger partial charge in [0.2, 0.25) is 0 Å². The molecule has 0 heterocycles. The quantitative estimate of drug-likeness (QED) is 0.836. The molecule has 0 aromatic heterocycles. The molecule has 0 saturated carbocycles. The van der Waals surface area contributed by atoms with E-state index >= 15 is 0 Å². The number of nitrogen functional groups attached to an aromatic ring is 1. The summed E-state index contributed by atoms with van der Waals surface area (Å²) in [5.74, 6) is 0.206. The monoisotopic (exact) mass is 267 g/mol. The number of amides is 1. The van der Waals surface area contributed by atoms with Crippen molar-refractivity contribution in [2.75, 3.05) is 18.2 Å². The Balaban J connectivity index is 2.20. The van der Waals surface area contributed by atoms with Gasteiger partial charge in [-0.25, -0.2) is 0 Å². The molecule has 0 radical (unpaired) electrons. The van der Waals surface area contributed by atoms with E-state index in [-0.39, 0.29) is 5.91 Å². The maximum atomic E-state index is 12.0. The third-order valence-electron chi connectivity index (χ3n) is 2.75. The number of benzene rings is 2. The van der Waals surface area contributed by atoms with E-state index in [1.807, 2.05) is 6.07 Å². The van der Waals surface area contributed by atoms with Gasteiger partial charge in [0, 0.05) is 16.9 Å². The molecule has 2 rings (SSSR count). The zero-order valence-corrected chi connectivity index (χ0v) is 10.9. The van der Waals surface area contributed by atoms with Crippen molar-refractivity contribution in [2.24, 2.45) is 0 Å². The van der Waals surface area contributed by atoms with Crippen molar-refractivity contribution in [3.63, 3.8) is 0 Å². The lowest BCUT2D eigenvalue weighted by molar-refractivity contribution is 0.102. The van der Waals surface area contributed by atoms with Crippen molar-refractivity contribution in [2.45, 2.75) is 0 Å². The third kappa shape index (κ3) is 2.87. The maximum Gasteiger partial charge on any atom is 0.255 e. The number of nitrogens with two attached hydrogens (primary N) is 1. The van der Waals surface area contributed by atoms with Crippen LogP contribution in [0.4, 0.5) is 11.4 Å². The smallest absolute Gasteiger partial charge is 0.255 e. The number of anilines is 2. The van der Waals surface area contributed by atoms with E-state index in [0.29, 0.717) is 28.3 Å². The highest BCUT2D eigenvalue weighted by Crippen LogP contribution is 2.22. The Bertz CT molecular complexity index is 673. The molecule has 0 bridgehead atoms. The van der Waals surface area contributed by atoms with Crippen LogP contribution in [0, 0.1) is 11.3 Å². The minimum Gasteiger partial charge on any atom is -0.495 e. The number of nitrogens with one attached hydrogen (secondary N) is 1. The van der Waals surface area contributed by atoms with Gasteiger partial charge in [-0.3, -0.25) is 4.79 Å². The molecule has 0 unspecified atom stereocenters. The first-order valence-electron chi connectivity index (χ1n) is 5.89. The predicted octanol–water partition coefficient (Wildman–Crippen LogP) is 2.40. The number of methoxy groups -OCH3 is 1. The zero-order valence-electron chi connectivity index (χ0n) is 10.9. The highest BCUT2D eigenvalue weighted by atomic mass is 16.5. The number of nitrogens with zero attached hydrogens (tertiary/aromatic N) is 1. The van der Waals surface area contributed by atoms with Gasteiger partial charge in [0.15, 0.2) is 0 Å². The van der Waals surface area contributed by atoms with Crippen molar-refractivity contribution < 1.29 is 9.53 Å². The standard InChI is InChI=1S/C15H13N3O2/c1-20-14-7-6-13(8-11(14)9-16)18-15(19)10-2-4-12(17)5-3-10/h2-8H,17H2,1H3,(H,18,19). The molecule has 2 aromatic rings. The highest BCUT2D eigenvalue weighted by Gasteiger charge is 2.08. The average molecular weight is 267 g/mol. The molecule has 0 saturated heterocycles. The van der Waals surface area contributed by atoms with Crippen LogP contribution in [0.3, 0.4) is 0 Å². The topological polar surface area (TPSA) is 88.1 Å². The van der Waals surface area contributed by atoms with Crippen molar-refractivity contribution in [1.29, 1.82) is 5.26 Å². The Morgan fingerprint density at radius 2 is 1.95 bits per heavy atom. The minimum atomic E-state index is -0.265. The first-order valence-corrected chi connectivity index (χ1v) is 5.89. The Morgan fingerprint density at radius 3 is 2.55 bits per heavy atom. The van der Waals surface area contributed by atoms with Crippen molar-refractivity contribution in [3.05, 3.63) is 53.6 Å². The van der Waals surface area contributed by atoms with Crippen LogP contribution >= 0.6 is 0 Å². The molecule has 0 fully saturated rings. The van der Waals surface area contributed by atoms with Crippen LogP contribution in [0.2, 0.25) is 0 Å². The summed E-state index contributed by atoms with van der Waals surface area (Å²) in [5, 5.41) is 11.7. The van der Waals surface area contributed by atoms with E-state index in [2.05, 4.69) is 5.32 Å². The zero-order chi connectivity index (χ0) is 14.5. The second-order valence-electron chi connectivity index (χ2n) is 4.10. The first-order chi connectivity index (χ1) is 9.63. The Morgan fingerprint density at radius 1 is 1.25 bits per heavy atom. The van der Waals surface area contributed by atoms with Gasteiger partial charge in [-0.1, -0.05) is 0 Å². The Hall–Kier alpha value is -3.00. The maximum absolute atomic E-state index is 12.0. The largest absolute Gasteiger partial charge is 0.495 e. The molecule has 0 aliphatic carbocycles. The van der Waals surface area contributed by atoms with Gasteiger partial charge < -0.3 is 15.8 Å². The van der Waals surface area contributed by atoms with Gasteiger partial charge in [0.05, 0.1) is 12.7 Å². The summed E-state index contributed by atoms with van der Waals surface area (Å²) in [6, 6.07) is 13.5. The molecular formula is C15H13N3O2. The van der Waals surface area contributed by atoms with E-state index < -0.39 is 0 Å². The predicted molar refractivity (Wildman–Crippen MR) is 76.5 cm³/mol. The minimum absolute atomic E-state index is 0.265. The fourth-order valence-electron chi connectivity index (χ4n) is 1.71. The van der Waals surface area contributed by atoms with Crippen LogP contribution in [0.25, 0.3) is 0 Å². The first kappa shape index (κ1) is 13.4. The summed E-state index contributed by atoms with van der Waals surface area (Å²) in [7, 11) is 1.49. The SMILES string of the molecule is COc1ccc(NC(=O)c2ccc(N)cc2)cc1C#N. The van der Waals surface area contributed by atoms with Crippen molar-refractivity contribution >= 4 is 17.3 Å². The lowest BCUT2D eigenvalue weighted by atomic mass is 10.1. The molecular weight excluding hydrogens is 254 g/mol. The van der Waals surface area contributed by atoms with E-state index in [0.717, 1.165) is 0 Å². The number of carbonyl (C=O) groups is 1. The summed E-state index contributed by atoms with van der Waals surface area (Å²) < 4.78 is 5.04. The molecule has 2 aromatic carbocycles. The average Bonchev–Trinajstić information content (AvgIpc) is 2.47. The Kier molecular flexibility index (Phi) is 3.87. The molecule has 0 aliphatic heterocycles. The highest BCUT2D eigenvalue weighted by molar-refractivity contribution is 6.04. The second kappa shape index (κ2) is 5.76. The van der Waals surface area contributed by atoms with Crippen LogP contribution < -0.4 is 15.8 Å². The number of carbonyl (C=O) groups excluding carboxylic acids is 1. The number of nitriles is 1. The van der Waals surface area contributed by atoms with Gasteiger partial charge in [-0.15, -0.1) is 0 Å². The van der Waals surface area contributed by atoms with Gasteiger partial charge in [0.25, 0.3) is 5.91 Å². The molecule has 0 atom stereocenters. The number of hydrogen-bond donors (Lipinski definition) is 2. The van der Waals surface area contributed by atoms with Crippen LogP contribution in [-0.4, -0.2) is 13.0 Å². The lowest BCUT2D eigenvalue weighted by Crippen LogP contribution is -2.12. The van der Waals surface area contributed by atoms with Gasteiger partial charge in [-0.2, -0.15) is 5.26 Å². The van der Waals surface area contributed by atoms with Crippen LogP contribution in [0.5, 0.6) is 5.75 Å². The summed E-state index contributed by atoms with van der Waals surface area (Å²) in [5.41, 5.74) is 7.55. The third-order valence-corrected chi connectivity index (χ3v) is 2.75. The summed E-state index contributed by atoms with van der Waals surface area (Å²) in [6.07, 6.45) is 0. The van der Waals surface area contributed by atoms with Crippen LogP contribution in [-0.2, 0) is 0 Å². The second-order valence-corrected chi connectivity index (χ2v) is 4.10. The number of ether oxygens (including phenoxy) is 1. The van der Waals surface area contributed by atoms with Gasteiger partial charge in [-0.05, 0) is 42.5 Å². The molecule has 0 spiro atoms. The Labute approximate surface area is 116 Å². The summed E-state index contributed by atoms with van der Waals surface area (Å²) in [6.45, 7) is 0. The van der Waals surface area contributed by atoms with Gasteiger partial charge in [0.1, 0.15) is 11.8 Å².